The number of para-hydroxylation sites is 2. The molecule has 4 rings (SSSR count). The maximum atomic E-state index is 13.2. The second-order valence-corrected chi connectivity index (χ2v) is 7.20. The molecule has 0 atom stereocenters. The molecule has 0 bridgehead atoms. The van der Waals surface area contributed by atoms with Crippen molar-refractivity contribution in [1.29, 1.82) is 0 Å². The summed E-state index contributed by atoms with van der Waals surface area (Å²) in [5, 5.41) is 3.41. The van der Waals surface area contributed by atoms with E-state index in [2.05, 4.69) is 32.7 Å². The number of guanidine groups is 1. The molecule has 1 aromatic heterocycles. The second kappa shape index (κ2) is 10.1. The van der Waals surface area contributed by atoms with Gasteiger partial charge in [0.15, 0.2) is 5.96 Å². The summed E-state index contributed by atoms with van der Waals surface area (Å²) >= 11 is 0. The van der Waals surface area contributed by atoms with Crippen molar-refractivity contribution in [3.8, 4) is 0 Å². The van der Waals surface area contributed by atoms with Crippen LogP contribution >= 0.6 is 24.0 Å². The highest BCUT2D eigenvalue weighted by atomic mass is 127. The number of aromatic nitrogens is 2. The molecule has 0 radical (unpaired) electrons. The van der Waals surface area contributed by atoms with Crippen molar-refractivity contribution in [3.63, 3.8) is 0 Å². The quantitative estimate of drug-likeness (QED) is 0.323. The van der Waals surface area contributed by atoms with Crippen molar-refractivity contribution in [3.05, 3.63) is 60.2 Å². The first-order valence-corrected chi connectivity index (χ1v) is 10.1. The van der Waals surface area contributed by atoms with Gasteiger partial charge in [0.25, 0.3) is 0 Å². The highest BCUT2D eigenvalue weighted by Crippen LogP contribution is 2.18. The third-order valence-electron chi connectivity index (χ3n) is 5.36. The maximum absolute atomic E-state index is 13.2. The molecule has 0 amide bonds. The van der Waals surface area contributed by atoms with Crippen LogP contribution in [-0.2, 0) is 13.6 Å². The maximum Gasteiger partial charge on any atom is 0.194 e. The number of halogens is 2. The van der Waals surface area contributed by atoms with Crippen molar-refractivity contribution < 1.29 is 4.39 Å². The molecule has 1 N–H and O–H groups in total. The number of piperazine rings is 1. The number of fused-ring (bicyclic) bond motifs is 1. The summed E-state index contributed by atoms with van der Waals surface area (Å²) in [6, 6.07) is 14.9. The lowest BCUT2D eigenvalue weighted by molar-refractivity contribution is 0.372. The van der Waals surface area contributed by atoms with E-state index in [0.717, 1.165) is 61.2 Å². The third kappa shape index (κ3) is 4.85. The van der Waals surface area contributed by atoms with Gasteiger partial charge >= 0.3 is 0 Å². The highest BCUT2D eigenvalue weighted by Gasteiger charge is 2.20. The number of hydrogen-bond donors (Lipinski definition) is 1. The summed E-state index contributed by atoms with van der Waals surface area (Å²) in [5.41, 5.74) is 3.18. The van der Waals surface area contributed by atoms with Crippen LogP contribution in [0.1, 0.15) is 12.7 Å². The fourth-order valence-electron chi connectivity index (χ4n) is 3.74. The molecule has 0 unspecified atom stereocenters. The van der Waals surface area contributed by atoms with E-state index in [1.807, 2.05) is 37.4 Å². The zero-order valence-electron chi connectivity index (χ0n) is 17.4. The van der Waals surface area contributed by atoms with Crippen LogP contribution in [0.2, 0.25) is 0 Å². The second-order valence-electron chi connectivity index (χ2n) is 7.20. The van der Waals surface area contributed by atoms with E-state index in [9.17, 15) is 4.39 Å². The molecule has 0 spiro atoms. The van der Waals surface area contributed by atoms with E-state index in [0.29, 0.717) is 6.54 Å². The fraction of sp³-hybridized carbons (Fsp3) is 0.364. The van der Waals surface area contributed by atoms with E-state index >= 15 is 0 Å². The molecule has 0 saturated carbocycles. The summed E-state index contributed by atoms with van der Waals surface area (Å²) in [4.78, 5) is 14.1. The number of imidazole rings is 1. The van der Waals surface area contributed by atoms with Gasteiger partial charge in [-0.05, 0) is 43.3 Å². The van der Waals surface area contributed by atoms with Crippen LogP contribution in [0.5, 0.6) is 0 Å². The van der Waals surface area contributed by atoms with Gasteiger partial charge in [-0.3, -0.25) is 0 Å². The fourth-order valence-corrected chi connectivity index (χ4v) is 3.74. The van der Waals surface area contributed by atoms with E-state index in [4.69, 9.17) is 9.98 Å². The summed E-state index contributed by atoms with van der Waals surface area (Å²) in [6.45, 7) is 6.92. The van der Waals surface area contributed by atoms with Crippen LogP contribution in [-0.4, -0.2) is 53.1 Å². The molecule has 2 heterocycles. The third-order valence-corrected chi connectivity index (χ3v) is 5.36. The average molecular weight is 522 g/mol. The summed E-state index contributed by atoms with van der Waals surface area (Å²) in [7, 11) is 2.04. The number of aliphatic imine (C=N–C) groups is 1. The Morgan fingerprint density at radius 3 is 2.43 bits per heavy atom. The van der Waals surface area contributed by atoms with Crippen LogP contribution in [0.4, 0.5) is 10.1 Å². The summed E-state index contributed by atoms with van der Waals surface area (Å²) in [6.07, 6.45) is 0. The van der Waals surface area contributed by atoms with Crippen LogP contribution in [0, 0.1) is 5.82 Å². The molecule has 30 heavy (non-hydrogen) atoms. The first-order chi connectivity index (χ1) is 14.2. The molecular formula is C22H28FIN6. The Labute approximate surface area is 193 Å². The van der Waals surface area contributed by atoms with Crippen LogP contribution in [0.3, 0.4) is 0 Å². The minimum Gasteiger partial charge on any atom is -0.368 e. The van der Waals surface area contributed by atoms with E-state index < -0.39 is 0 Å². The number of nitrogens with zero attached hydrogens (tertiary/aromatic N) is 5. The molecule has 3 aromatic rings. The molecular weight excluding hydrogens is 494 g/mol. The highest BCUT2D eigenvalue weighted by molar-refractivity contribution is 14.0. The smallest absolute Gasteiger partial charge is 0.194 e. The lowest BCUT2D eigenvalue weighted by Crippen LogP contribution is -2.52. The van der Waals surface area contributed by atoms with Crippen LogP contribution < -0.4 is 10.2 Å². The lowest BCUT2D eigenvalue weighted by atomic mass is 10.2. The zero-order chi connectivity index (χ0) is 20.2. The first-order valence-electron chi connectivity index (χ1n) is 10.1. The van der Waals surface area contributed by atoms with Gasteiger partial charge in [-0.25, -0.2) is 14.4 Å². The number of anilines is 1. The Morgan fingerprint density at radius 2 is 1.77 bits per heavy atom. The Balaban J connectivity index is 0.00000256. The first kappa shape index (κ1) is 22.3. The predicted molar refractivity (Wildman–Crippen MR) is 131 cm³/mol. The lowest BCUT2D eigenvalue weighted by Gasteiger charge is -2.37. The van der Waals surface area contributed by atoms with Crippen molar-refractivity contribution in [1.82, 2.24) is 19.8 Å². The zero-order valence-corrected chi connectivity index (χ0v) is 19.7. The molecule has 1 saturated heterocycles. The van der Waals surface area contributed by atoms with Gasteiger partial charge in [0.1, 0.15) is 18.2 Å². The molecule has 0 aliphatic carbocycles. The Morgan fingerprint density at radius 1 is 1.07 bits per heavy atom. The van der Waals surface area contributed by atoms with Gasteiger partial charge in [-0.15, -0.1) is 24.0 Å². The van der Waals surface area contributed by atoms with Crippen molar-refractivity contribution in [2.75, 3.05) is 37.6 Å². The minimum atomic E-state index is -0.198. The molecule has 8 heteroatoms. The standard InChI is InChI=1S/C22H27FN6.HI/c1-3-24-22(25-16-21-26-19-6-4-5-7-20(19)27(21)2)29-14-12-28(13-15-29)18-10-8-17(23)9-11-18;/h4-11H,3,12-16H2,1-2H3,(H,24,25);1H. The van der Waals surface area contributed by atoms with Gasteiger partial charge in [-0.2, -0.15) is 0 Å². The Kier molecular flexibility index (Phi) is 7.52. The topological polar surface area (TPSA) is 48.7 Å². The van der Waals surface area contributed by atoms with E-state index in [1.165, 1.54) is 12.1 Å². The largest absolute Gasteiger partial charge is 0.368 e. The average Bonchev–Trinajstić information content (AvgIpc) is 3.08. The number of hydrogen-bond acceptors (Lipinski definition) is 3. The SMILES string of the molecule is CCNC(=NCc1nc2ccccc2n1C)N1CCN(c2ccc(F)cc2)CC1.I. The van der Waals surface area contributed by atoms with Gasteiger partial charge in [0, 0.05) is 45.5 Å². The molecule has 2 aromatic carbocycles. The predicted octanol–water partition coefficient (Wildman–Crippen LogP) is 3.62. The normalized spacial score (nSPS) is 14.7. The molecule has 1 aliphatic rings. The van der Waals surface area contributed by atoms with Crippen LogP contribution in [0.15, 0.2) is 53.5 Å². The van der Waals surface area contributed by atoms with E-state index in [-0.39, 0.29) is 29.8 Å². The number of benzene rings is 2. The Bertz CT molecular complexity index is 993. The van der Waals surface area contributed by atoms with Gasteiger partial charge in [-0.1, -0.05) is 12.1 Å². The van der Waals surface area contributed by atoms with Crippen molar-refractivity contribution in [2.45, 2.75) is 13.5 Å². The van der Waals surface area contributed by atoms with Crippen LogP contribution in [0.25, 0.3) is 11.0 Å². The van der Waals surface area contributed by atoms with Gasteiger partial charge in [0.05, 0.1) is 11.0 Å². The number of aryl methyl sites for hydroxylation is 1. The summed E-state index contributed by atoms with van der Waals surface area (Å²) in [5.74, 6) is 1.67. The van der Waals surface area contributed by atoms with Gasteiger partial charge < -0.3 is 19.7 Å². The number of rotatable bonds is 4. The van der Waals surface area contributed by atoms with E-state index in [1.54, 1.807) is 0 Å². The monoisotopic (exact) mass is 522 g/mol. The van der Waals surface area contributed by atoms with Crippen molar-refractivity contribution >= 4 is 46.7 Å². The molecule has 1 fully saturated rings. The van der Waals surface area contributed by atoms with Gasteiger partial charge in [0.2, 0.25) is 0 Å². The number of nitrogens with one attached hydrogen (secondary N) is 1. The summed E-state index contributed by atoms with van der Waals surface area (Å²) < 4.78 is 15.3. The van der Waals surface area contributed by atoms with Crippen molar-refractivity contribution in [2.24, 2.45) is 12.0 Å². The molecule has 160 valence electrons. The Hall–Kier alpha value is -2.36. The molecule has 1 aliphatic heterocycles. The molecule has 6 nitrogen and oxygen atoms in total. The minimum absolute atomic E-state index is 0.